The lowest BCUT2D eigenvalue weighted by Crippen LogP contribution is -2.14. The Morgan fingerprint density at radius 3 is 0.765 bits per heavy atom. The van der Waals surface area contributed by atoms with E-state index in [4.69, 9.17) is 48.8 Å². The highest BCUT2D eigenvalue weighted by Gasteiger charge is 1.94. The molecule has 12 heteroatoms. The molecule has 0 bridgehead atoms. The summed E-state index contributed by atoms with van der Waals surface area (Å²) in [5, 5.41) is 32.7. The molecule has 4 N–H and O–H groups in total. The van der Waals surface area contributed by atoms with Gasteiger partial charge in [0, 0.05) is 11.1 Å². The van der Waals surface area contributed by atoms with Crippen LogP contribution in [0.1, 0.15) is 13.8 Å². The lowest BCUT2D eigenvalue weighted by Gasteiger charge is -2.07. The maximum absolute atomic E-state index is 9.60. The van der Waals surface area contributed by atoms with Crippen LogP contribution >= 0.6 is 0 Å². The van der Waals surface area contributed by atoms with E-state index in [0.717, 1.165) is 0 Å². The van der Waals surface area contributed by atoms with Crippen LogP contribution in [-0.2, 0) is 38.0 Å². The number of carbonyl (C=O) groups is 2. The number of hydrogen-bond donors (Lipinski definition) is 4. The topological polar surface area (TPSA) is 170 Å². The monoisotopic (exact) mass is 498 g/mol. The Morgan fingerprint density at radius 2 is 0.647 bits per heavy atom. The zero-order valence-electron chi connectivity index (χ0n) is 20.4. The molecule has 0 fully saturated rings. The van der Waals surface area contributed by atoms with Crippen molar-refractivity contribution in [2.24, 2.45) is 0 Å². The van der Waals surface area contributed by atoms with Crippen molar-refractivity contribution in [2.45, 2.75) is 13.8 Å². The zero-order chi connectivity index (χ0) is 26.5. The number of ether oxygens (including phenoxy) is 6. The third-order valence-electron chi connectivity index (χ3n) is 3.06. The number of aliphatic hydroxyl groups is 2. The second-order valence-electron chi connectivity index (χ2n) is 6.29. The first kappa shape index (κ1) is 36.7. The van der Waals surface area contributed by atoms with Crippen molar-refractivity contribution in [2.75, 3.05) is 92.5 Å². The quantitative estimate of drug-likeness (QED) is 0.127. The molecule has 0 rings (SSSR count). The fourth-order valence-electron chi connectivity index (χ4n) is 1.33. The number of hydrogen-bond acceptors (Lipinski definition) is 10. The van der Waals surface area contributed by atoms with Gasteiger partial charge in [-0.15, -0.1) is 0 Å². The maximum Gasteiger partial charge on any atom is 0.330 e. The van der Waals surface area contributed by atoms with Crippen molar-refractivity contribution in [3.8, 4) is 0 Å². The Kier molecular flexibility index (Phi) is 33.5. The third kappa shape index (κ3) is 40.5. The Hall–Kier alpha value is -1.90. The van der Waals surface area contributed by atoms with E-state index >= 15 is 0 Å². The number of carboxylic acid groups (broad SMARTS) is 2. The van der Waals surface area contributed by atoms with E-state index in [1.54, 1.807) is 0 Å². The third-order valence-corrected chi connectivity index (χ3v) is 3.06. The molecule has 12 nitrogen and oxygen atoms in total. The zero-order valence-corrected chi connectivity index (χ0v) is 20.4. The van der Waals surface area contributed by atoms with Gasteiger partial charge in [-0.05, 0) is 13.8 Å². The minimum absolute atomic E-state index is 0.0334. The van der Waals surface area contributed by atoms with Gasteiger partial charge >= 0.3 is 11.9 Å². The second kappa shape index (κ2) is 31.1. The van der Waals surface area contributed by atoms with E-state index in [1.807, 2.05) is 0 Å². The smallest absolute Gasteiger partial charge is 0.330 e. The molecule has 0 aromatic heterocycles. The van der Waals surface area contributed by atoms with Gasteiger partial charge in [0.15, 0.2) is 0 Å². The summed E-state index contributed by atoms with van der Waals surface area (Å²) in [4.78, 5) is 19.2. The average molecular weight is 499 g/mol. The van der Waals surface area contributed by atoms with Crippen molar-refractivity contribution in [1.82, 2.24) is 0 Å². The molecule has 202 valence electrons. The van der Waals surface area contributed by atoms with Gasteiger partial charge < -0.3 is 48.8 Å². The lowest BCUT2D eigenvalue weighted by atomic mass is 10.4. The predicted octanol–water partition coefficient (Wildman–Crippen LogP) is 0.365. The summed E-state index contributed by atoms with van der Waals surface area (Å²) >= 11 is 0. The molecule has 0 aromatic carbocycles. The van der Waals surface area contributed by atoms with Gasteiger partial charge in [0.25, 0.3) is 0 Å². The molecule has 0 aromatic rings. The van der Waals surface area contributed by atoms with Gasteiger partial charge in [-0.3, -0.25) is 0 Å². The number of rotatable bonds is 21. The van der Waals surface area contributed by atoms with Crippen LogP contribution in [0.15, 0.2) is 24.3 Å². The summed E-state index contributed by atoms with van der Waals surface area (Å²) in [6.07, 6.45) is 0. The molecular formula is C22H42O12. The summed E-state index contributed by atoms with van der Waals surface area (Å²) in [5.74, 6) is -1.87. The van der Waals surface area contributed by atoms with Crippen LogP contribution in [0.5, 0.6) is 0 Å². The van der Waals surface area contributed by atoms with E-state index in [-0.39, 0.29) is 24.4 Å². The maximum atomic E-state index is 9.60. The molecule has 0 heterocycles. The predicted molar refractivity (Wildman–Crippen MR) is 124 cm³/mol. The standard InChI is InChI=1S/C14H30O8.2C4H6O2/c15-1-3-17-5-7-19-9-11-21-13-14-22-12-10-20-8-6-18-4-2-16;2*1-3(2)4(5)6/h15-16H,1-14H2;2*1H2,2H3,(H,5,6). The first-order valence-corrected chi connectivity index (χ1v) is 10.7. The fourth-order valence-corrected chi connectivity index (χ4v) is 1.33. The molecule has 0 amide bonds. The van der Waals surface area contributed by atoms with Crippen molar-refractivity contribution in [3.63, 3.8) is 0 Å². The van der Waals surface area contributed by atoms with Crippen LogP contribution in [0.25, 0.3) is 0 Å². The van der Waals surface area contributed by atoms with Crippen molar-refractivity contribution in [3.05, 3.63) is 24.3 Å². The minimum Gasteiger partial charge on any atom is -0.478 e. The van der Waals surface area contributed by atoms with Crippen LogP contribution < -0.4 is 0 Å². The van der Waals surface area contributed by atoms with Gasteiger partial charge in [-0.2, -0.15) is 0 Å². The van der Waals surface area contributed by atoms with Crippen LogP contribution in [0.3, 0.4) is 0 Å². The molecule has 0 radical (unpaired) electrons. The molecule has 0 aliphatic rings. The summed E-state index contributed by atoms with van der Waals surface area (Å²) in [6, 6.07) is 0. The van der Waals surface area contributed by atoms with Crippen molar-refractivity contribution < 1.29 is 58.4 Å². The minimum atomic E-state index is -0.935. The Labute approximate surface area is 201 Å². The molecule has 0 aliphatic carbocycles. The first-order chi connectivity index (χ1) is 16.2. The molecule has 0 aliphatic heterocycles. The Balaban J connectivity index is -0.000000653. The highest BCUT2D eigenvalue weighted by molar-refractivity contribution is 5.85. The number of aliphatic carboxylic acids is 2. The largest absolute Gasteiger partial charge is 0.478 e. The van der Waals surface area contributed by atoms with E-state index in [1.165, 1.54) is 13.8 Å². The second-order valence-corrected chi connectivity index (χ2v) is 6.29. The molecule has 0 spiro atoms. The molecule has 0 unspecified atom stereocenters. The summed E-state index contributed by atoms with van der Waals surface area (Å²) in [5.41, 5.74) is 0.352. The Bertz CT molecular complexity index is 428. The Morgan fingerprint density at radius 1 is 0.500 bits per heavy atom. The number of carboxylic acids is 2. The van der Waals surface area contributed by atoms with Crippen LogP contribution in [0.4, 0.5) is 0 Å². The van der Waals surface area contributed by atoms with Crippen molar-refractivity contribution >= 4 is 11.9 Å². The van der Waals surface area contributed by atoms with E-state index in [9.17, 15) is 9.59 Å². The highest BCUT2D eigenvalue weighted by atomic mass is 16.6. The van der Waals surface area contributed by atoms with E-state index in [2.05, 4.69) is 13.2 Å². The average Bonchev–Trinajstić information content (AvgIpc) is 2.79. The molecule has 0 saturated carbocycles. The molecule has 0 atom stereocenters. The van der Waals surface area contributed by atoms with Gasteiger partial charge in [0.05, 0.1) is 92.5 Å². The first-order valence-electron chi connectivity index (χ1n) is 10.7. The van der Waals surface area contributed by atoms with Crippen molar-refractivity contribution in [1.29, 1.82) is 0 Å². The normalized spacial score (nSPS) is 9.88. The SMILES string of the molecule is C=C(C)C(=O)O.C=C(C)C(=O)O.OCCOCCOCCOCCOCCOCCOCCO. The number of aliphatic hydroxyl groups excluding tert-OH is 2. The van der Waals surface area contributed by atoms with Crippen LogP contribution in [0, 0.1) is 0 Å². The fraction of sp³-hybridized carbons (Fsp3) is 0.727. The summed E-state index contributed by atoms with van der Waals surface area (Å²) < 4.78 is 31.2. The molecule has 34 heavy (non-hydrogen) atoms. The van der Waals surface area contributed by atoms with Gasteiger partial charge in [0.1, 0.15) is 0 Å². The lowest BCUT2D eigenvalue weighted by molar-refractivity contribution is -0.133. The summed E-state index contributed by atoms with van der Waals surface area (Å²) in [6.45, 7) is 15.0. The summed E-state index contributed by atoms with van der Waals surface area (Å²) in [7, 11) is 0. The van der Waals surface area contributed by atoms with Gasteiger partial charge in [0.2, 0.25) is 0 Å². The van der Waals surface area contributed by atoms with Gasteiger partial charge in [-0.1, -0.05) is 13.2 Å². The van der Waals surface area contributed by atoms with Crippen LogP contribution in [-0.4, -0.2) is 125 Å². The highest BCUT2D eigenvalue weighted by Crippen LogP contribution is 1.84. The van der Waals surface area contributed by atoms with Gasteiger partial charge in [-0.25, -0.2) is 9.59 Å². The molecule has 0 saturated heterocycles. The van der Waals surface area contributed by atoms with Crippen LogP contribution in [0.2, 0.25) is 0 Å². The van der Waals surface area contributed by atoms with E-state index < -0.39 is 11.9 Å². The van der Waals surface area contributed by atoms with E-state index in [0.29, 0.717) is 79.3 Å². The molecular weight excluding hydrogens is 456 g/mol.